The predicted octanol–water partition coefficient (Wildman–Crippen LogP) is 1.09. The molecule has 2 aromatic carbocycles. The van der Waals surface area contributed by atoms with Gasteiger partial charge in [-0.15, -0.1) is 11.3 Å². The van der Waals surface area contributed by atoms with Crippen LogP contribution in [0, 0.1) is 0 Å². The lowest BCUT2D eigenvalue weighted by molar-refractivity contribution is -0.133. The molecule has 4 atom stereocenters. The number of hydrogen-bond acceptors (Lipinski definition) is 10. The third-order valence-electron chi connectivity index (χ3n) is 9.77. The first kappa shape index (κ1) is 43.0. The van der Waals surface area contributed by atoms with Crippen LogP contribution in [0.4, 0.5) is 0 Å². The van der Waals surface area contributed by atoms with Gasteiger partial charge >= 0.3 is 0 Å². The zero-order valence-electron chi connectivity index (χ0n) is 32.5. The van der Waals surface area contributed by atoms with Crippen molar-refractivity contribution in [1.82, 2.24) is 51.8 Å². The highest BCUT2D eigenvalue weighted by molar-refractivity contribution is 7.09. The van der Waals surface area contributed by atoms with Crippen LogP contribution >= 0.6 is 22.9 Å². The van der Waals surface area contributed by atoms with Gasteiger partial charge in [0.15, 0.2) is 0 Å². The molecule has 0 aliphatic carbocycles. The van der Waals surface area contributed by atoms with Crippen molar-refractivity contribution < 1.29 is 38.7 Å². The number of likely N-dealkylation sites (N-methyl/N-ethyl adjacent to an activating group) is 1. The summed E-state index contributed by atoms with van der Waals surface area (Å²) in [7, 11) is 1.31. The summed E-state index contributed by atoms with van der Waals surface area (Å²) in [5.41, 5.74) is 2.29. The number of aliphatic hydroxyl groups excluding tert-OH is 1. The van der Waals surface area contributed by atoms with E-state index in [1.54, 1.807) is 30.6 Å². The van der Waals surface area contributed by atoms with E-state index in [1.807, 2.05) is 24.3 Å². The van der Waals surface area contributed by atoms with Gasteiger partial charge in [-0.25, -0.2) is 4.98 Å². The summed E-state index contributed by atoms with van der Waals surface area (Å²) < 4.78 is 0. The van der Waals surface area contributed by atoms with E-state index in [4.69, 9.17) is 11.6 Å². The van der Waals surface area contributed by atoms with E-state index in [-0.39, 0.29) is 42.3 Å². The average Bonchev–Trinajstić information content (AvgIpc) is 3.98. The first-order valence-electron chi connectivity index (χ1n) is 18.8. The number of hydrogen-bond donors (Lipinski definition) is 9. The number of carbonyl (C=O) groups is 7. The van der Waals surface area contributed by atoms with Gasteiger partial charge in [0.25, 0.3) is 11.8 Å². The fourth-order valence-corrected chi connectivity index (χ4v) is 7.87. The highest BCUT2D eigenvalue weighted by Crippen LogP contribution is 2.28. The Balaban J connectivity index is 1.35. The second kappa shape index (κ2) is 19.0. The molecule has 6 rings (SSSR count). The van der Waals surface area contributed by atoms with Crippen molar-refractivity contribution in [2.45, 2.75) is 50.4 Å². The average molecular weight is 859 g/mol. The molecule has 18 nitrogen and oxygen atoms in total. The van der Waals surface area contributed by atoms with Crippen LogP contribution in [0.2, 0.25) is 5.02 Å². The van der Waals surface area contributed by atoms with Crippen LogP contribution in [0.15, 0.2) is 72.5 Å². The second-order valence-electron chi connectivity index (χ2n) is 14.2. The molecule has 5 aromatic rings. The van der Waals surface area contributed by atoms with Crippen LogP contribution in [0.3, 0.4) is 0 Å². The zero-order chi connectivity index (χ0) is 43.1. The van der Waals surface area contributed by atoms with Crippen molar-refractivity contribution in [2.24, 2.45) is 0 Å². The molecular formula is C40H43ClN10O8S. The Hall–Kier alpha value is -6.57. The molecule has 0 saturated carbocycles. The van der Waals surface area contributed by atoms with Gasteiger partial charge in [0.05, 0.1) is 29.9 Å². The summed E-state index contributed by atoms with van der Waals surface area (Å²) in [6.07, 6.45) is 3.28. The fraction of sp³-hybridized carbons (Fsp3) is 0.300. The number of aliphatic hydroxyl groups is 1. The van der Waals surface area contributed by atoms with Gasteiger partial charge in [-0.1, -0.05) is 42.4 Å². The van der Waals surface area contributed by atoms with Crippen molar-refractivity contribution in [1.29, 1.82) is 0 Å². The third-order valence-corrected chi connectivity index (χ3v) is 11.0. The van der Waals surface area contributed by atoms with E-state index < -0.39 is 78.6 Å². The molecule has 1 aliphatic heterocycles. The SMILES string of the molecule is C=C1NC(=O)[C@@H](C)NC(=O)CNC(=O)[C@H](Cc2c[nH]c3cccc(Cl)c23)NC(=O)[C@H](Cc2c[nH]c3ccccc23)NC(=O)c2csc(n2)[C@@H](CCO)NC(=O)CN(C)C1=O. The standard InChI is InChI=1S/C40H43ClN10O8S/c1-20-35(55)46-21(2)40(59)51(3)18-33(54)47-28(11-12-52)39-50-31(19-60-39)38(58)49-30(13-22-15-42-26-9-5-4-7-24(22)26)37(57)48-29(36(56)44-17-32(53)45-20)14-23-16-43-27-10-6-8-25(41)34(23)27/h4-10,15-16,19-20,28-30,42-43,52H,2,11-14,17-18H2,1,3H3,(H,44,56)(H,45,53)(H,46,55)(H,47,54)(H,48,57)(H,49,58)/t20-,28-,29+,30+/m1/s1. The number of para-hydroxylation sites is 1. The number of thiazole rings is 1. The molecule has 0 unspecified atom stereocenters. The molecule has 0 fully saturated rings. The molecule has 9 N–H and O–H groups in total. The molecule has 3 aromatic heterocycles. The lowest BCUT2D eigenvalue weighted by Crippen LogP contribution is -2.56. The zero-order valence-corrected chi connectivity index (χ0v) is 34.1. The number of aromatic nitrogens is 3. The van der Waals surface area contributed by atoms with Gasteiger partial charge in [-0.2, -0.15) is 0 Å². The molecule has 7 amide bonds. The topological polar surface area (TPSA) is 260 Å². The number of rotatable bonds is 6. The van der Waals surface area contributed by atoms with Crippen LogP contribution < -0.4 is 31.9 Å². The lowest BCUT2D eigenvalue weighted by atomic mass is 10.0. The molecule has 60 heavy (non-hydrogen) atoms. The second-order valence-corrected chi connectivity index (χ2v) is 15.5. The Morgan fingerprint density at radius 1 is 0.833 bits per heavy atom. The highest BCUT2D eigenvalue weighted by Gasteiger charge is 2.31. The van der Waals surface area contributed by atoms with Crippen LogP contribution in [0.1, 0.15) is 46.0 Å². The number of nitrogens with one attached hydrogen (secondary N) is 8. The molecule has 20 heteroatoms. The minimum atomic E-state index is -1.31. The fourth-order valence-electron chi connectivity index (χ4n) is 6.69. The Bertz CT molecular complexity index is 2480. The van der Waals surface area contributed by atoms with Crippen molar-refractivity contribution in [2.75, 3.05) is 26.7 Å². The Kier molecular flexibility index (Phi) is 13.6. The molecule has 0 saturated heterocycles. The normalized spacial score (nSPS) is 20.8. The number of halogens is 1. The van der Waals surface area contributed by atoms with Gasteiger partial charge < -0.3 is 51.9 Å². The summed E-state index contributed by atoms with van der Waals surface area (Å²) in [4.78, 5) is 106. The Morgan fingerprint density at radius 3 is 2.32 bits per heavy atom. The summed E-state index contributed by atoms with van der Waals surface area (Å²) in [6, 6.07) is 8.00. The van der Waals surface area contributed by atoms with E-state index >= 15 is 0 Å². The molecule has 4 heterocycles. The van der Waals surface area contributed by atoms with E-state index in [0.29, 0.717) is 27.1 Å². The summed E-state index contributed by atoms with van der Waals surface area (Å²) in [5.74, 6) is -5.22. The number of aromatic amines is 2. The number of H-pyrrole nitrogens is 2. The number of fused-ring (bicyclic) bond motifs is 4. The maximum atomic E-state index is 14.4. The molecular weight excluding hydrogens is 816 g/mol. The molecule has 2 bridgehead atoms. The monoisotopic (exact) mass is 858 g/mol. The van der Waals surface area contributed by atoms with E-state index in [0.717, 1.165) is 27.1 Å². The number of carbonyl (C=O) groups excluding carboxylic acids is 7. The minimum Gasteiger partial charge on any atom is -0.396 e. The highest BCUT2D eigenvalue weighted by atomic mass is 35.5. The van der Waals surface area contributed by atoms with Crippen LogP contribution in [-0.2, 0) is 41.6 Å². The Labute approximate surface area is 351 Å². The van der Waals surface area contributed by atoms with Gasteiger partial charge in [-0.3, -0.25) is 33.6 Å². The first-order chi connectivity index (χ1) is 28.7. The van der Waals surface area contributed by atoms with Crippen molar-refractivity contribution >= 4 is 86.1 Å². The van der Waals surface area contributed by atoms with Gasteiger partial charge in [0.1, 0.15) is 28.8 Å². The maximum Gasteiger partial charge on any atom is 0.271 e. The summed E-state index contributed by atoms with van der Waals surface area (Å²) in [5, 5.41) is 28.9. The molecule has 1 aliphatic rings. The van der Waals surface area contributed by atoms with E-state index in [1.165, 1.54) is 19.4 Å². The number of amides is 7. The number of nitrogens with zero attached hydrogens (tertiary/aromatic N) is 2. The summed E-state index contributed by atoms with van der Waals surface area (Å²) in [6.45, 7) is 3.51. The van der Waals surface area contributed by atoms with Crippen LogP contribution in [0.25, 0.3) is 21.8 Å². The Morgan fingerprint density at radius 2 is 1.53 bits per heavy atom. The molecule has 0 radical (unpaired) electrons. The number of benzene rings is 2. The van der Waals surface area contributed by atoms with E-state index in [2.05, 4.69) is 53.4 Å². The van der Waals surface area contributed by atoms with Gasteiger partial charge in [-0.05, 0) is 42.7 Å². The van der Waals surface area contributed by atoms with E-state index in [9.17, 15) is 38.7 Å². The molecule has 0 spiro atoms. The van der Waals surface area contributed by atoms with Crippen molar-refractivity contribution in [3.63, 3.8) is 0 Å². The minimum absolute atomic E-state index is 0.0149. The lowest BCUT2D eigenvalue weighted by Gasteiger charge is -2.23. The van der Waals surface area contributed by atoms with Crippen molar-refractivity contribution in [3.8, 4) is 0 Å². The molecule has 314 valence electrons. The van der Waals surface area contributed by atoms with Crippen LogP contribution in [0.5, 0.6) is 0 Å². The summed E-state index contributed by atoms with van der Waals surface area (Å²) >= 11 is 7.59. The van der Waals surface area contributed by atoms with Crippen LogP contribution in [-0.4, -0.2) is 111 Å². The predicted molar refractivity (Wildman–Crippen MR) is 222 cm³/mol. The van der Waals surface area contributed by atoms with Gasteiger partial charge in [0, 0.05) is 66.1 Å². The smallest absolute Gasteiger partial charge is 0.271 e. The maximum absolute atomic E-state index is 14.4. The third kappa shape index (κ3) is 10.2. The largest absolute Gasteiger partial charge is 0.396 e. The quantitative estimate of drug-likeness (QED) is 0.111. The first-order valence-corrected chi connectivity index (χ1v) is 20.1. The van der Waals surface area contributed by atoms with Gasteiger partial charge in [0.2, 0.25) is 29.5 Å². The van der Waals surface area contributed by atoms with Crippen molar-refractivity contribution in [3.05, 3.63) is 99.4 Å².